The molecular formula is C46H89N2O6P. The highest BCUT2D eigenvalue weighted by Gasteiger charge is 2.23. The zero-order valence-corrected chi connectivity index (χ0v) is 37.5. The molecule has 0 bridgehead atoms. The van der Waals surface area contributed by atoms with E-state index in [-0.39, 0.29) is 12.5 Å². The number of amides is 1. The third-order valence-corrected chi connectivity index (χ3v) is 11.0. The molecule has 0 aromatic carbocycles. The molecule has 0 fully saturated rings. The molecule has 0 rings (SSSR count). The molecule has 0 aliphatic rings. The molecule has 324 valence electrons. The number of quaternary nitrogens is 1. The van der Waals surface area contributed by atoms with Gasteiger partial charge in [0.15, 0.2) is 0 Å². The fourth-order valence-corrected chi connectivity index (χ4v) is 7.12. The summed E-state index contributed by atoms with van der Waals surface area (Å²) in [5.41, 5.74) is 0. The zero-order chi connectivity index (χ0) is 40.7. The van der Waals surface area contributed by atoms with E-state index in [0.29, 0.717) is 23.9 Å². The fourth-order valence-electron chi connectivity index (χ4n) is 6.40. The molecule has 3 unspecified atom stereocenters. The average molecular weight is 797 g/mol. The Morgan fingerprint density at radius 2 is 1.02 bits per heavy atom. The molecule has 0 aliphatic heterocycles. The van der Waals surface area contributed by atoms with Gasteiger partial charge < -0.3 is 28.8 Å². The summed E-state index contributed by atoms with van der Waals surface area (Å²) in [6.07, 6.45) is 47.8. The number of phosphoric ester groups is 1. The highest BCUT2D eigenvalue weighted by atomic mass is 31.2. The number of likely N-dealkylation sites (N-methyl/N-ethyl adjacent to an activating group) is 1. The van der Waals surface area contributed by atoms with E-state index in [1.165, 1.54) is 141 Å². The van der Waals surface area contributed by atoms with Crippen LogP contribution >= 0.6 is 7.82 Å². The Balaban J connectivity index is 3.88. The average Bonchev–Trinajstić information content (AvgIpc) is 3.14. The first-order valence-corrected chi connectivity index (χ1v) is 24.3. The SMILES string of the molecule is CCCCCCCCCCCCCCCCCCCCCCC/C=C/CC/C=C/CC/C=C/C(O)C(COP(=O)([O-])OCC[N+](C)(C)C)NC(=O)CCCC. The number of carbonyl (C=O) groups is 1. The van der Waals surface area contributed by atoms with Gasteiger partial charge in [0, 0.05) is 6.42 Å². The molecule has 0 heterocycles. The minimum Gasteiger partial charge on any atom is -0.756 e. The molecule has 8 nitrogen and oxygen atoms in total. The molecule has 1 amide bonds. The van der Waals surface area contributed by atoms with Gasteiger partial charge >= 0.3 is 0 Å². The molecule has 0 aromatic heterocycles. The first-order chi connectivity index (χ1) is 26.5. The third-order valence-electron chi connectivity index (χ3n) is 10.1. The van der Waals surface area contributed by atoms with Crippen LogP contribution in [0.3, 0.4) is 0 Å². The van der Waals surface area contributed by atoms with E-state index in [4.69, 9.17) is 9.05 Å². The maximum atomic E-state index is 12.3. The summed E-state index contributed by atoms with van der Waals surface area (Å²) in [5.74, 6) is -0.248. The second kappa shape index (κ2) is 38.2. The Hall–Kier alpha value is -1.28. The van der Waals surface area contributed by atoms with E-state index >= 15 is 0 Å². The summed E-state index contributed by atoms with van der Waals surface area (Å²) >= 11 is 0. The Bertz CT molecular complexity index is 995. The number of carbonyl (C=O) groups excluding carboxylic acids is 1. The third kappa shape index (κ3) is 40.7. The monoisotopic (exact) mass is 797 g/mol. The largest absolute Gasteiger partial charge is 0.756 e. The number of nitrogens with one attached hydrogen (secondary N) is 1. The number of unbranched alkanes of at least 4 members (excludes halogenated alkanes) is 24. The van der Waals surface area contributed by atoms with Crippen LogP contribution < -0.4 is 10.2 Å². The quantitative estimate of drug-likeness (QED) is 0.0276. The summed E-state index contributed by atoms with van der Waals surface area (Å²) in [4.78, 5) is 24.6. The van der Waals surface area contributed by atoms with Crippen molar-refractivity contribution in [2.45, 2.75) is 212 Å². The molecular weight excluding hydrogens is 707 g/mol. The first kappa shape index (κ1) is 53.7. The van der Waals surface area contributed by atoms with Crippen molar-refractivity contribution in [3.8, 4) is 0 Å². The molecule has 0 aliphatic carbocycles. The van der Waals surface area contributed by atoms with Crippen molar-refractivity contribution >= 4 is 13.7 Å². The van der Waals surface area contributed by atoms with Crippen LogP contribution in [0, 0.1) is 0 Å². The Morgan fingerprint density at radius 1 is 0.618 bits per heavy atom. The summed E-state index contributed by atoms with van der Waals surface area (Å²) < 4.78 is 22.8. The van der Waals surface area contributed by atoms with Gasteiger partial charge in [-0.25, -0.2) is 0 Å². The van der Waals surface area contributed by atoms with Crippen molar-refractivity contribution in [2.24, 2.45) is 0 Å². The predicted molar refractivity (Wildman–Crippen MR) is 233 cm³/mol. The van der Waals surface area contributed by atoms with Gasteiger partial charge in [-0.15, -0.1) is 0 Å². The van der Waals surface area contributed by atoms with Crippen molar-refractivity contribution < 1.29 is 32.9 Å². The summed E-state index contributed by atoms with van der Waals surface area (Å²) in [7, 11) is 1.23. The van der Waals surface area contributed by atoms with Crippen molar-refractivity contribution in [3.63, 3.8) is 0 Å². The van der Waals surface area contributed by atoms with Crippen molar-refractivity contribution in [3.05, 3.63) is 36.5 Å². The Morgan fingerprint density at radius 3 is 1.45 bits per heavy atom. The van der Waals surface area contributed by atoms with Crippen LogP contribution in [0.1, 0.15) is 200 Å². The normalized spacial score (nSPS) is 14.7. The lowest BCUT2D eigenvalue weighted by Crippen LogP contribution is -2.45. The molecule has 0 saturated heterocycles. The number of rotatable bonds is 41. The summed E-state index contributed by atoms with van der Waals surface area (Å²) in [5, 5.41) is 13.5. The van der Waals surface area contributed by atoms with Gasteiger partial charge in [0.2, 0.25) is 5.91 Å². The first-order valence-electron chi connectivity index (χ1n) is 22.9. The number of phosphoric acid groups is 1. The van der Waals surface area contributed by atoms with Gasteiger partial charge in [-0.3, -0.25) is 9.36 Å². The lowest BCUT2D eigenvalue weighted by Gasteiger charge is -2.29. The predicted octanol–water partition coefficient (Wildman–Crippen LogP) is 12.1. The second-order valence-corrected chi connectivity index (χ2v) is 18.2. The molecule has 3 atom stereocenters. The van der Waals surface area contributed by atoms with Crippen LogP contribution in [0.25, 0.3) is 0 Å². The van der Waals surface area contributed by atoms with E-state index < -0.39 is 26.6 Å². The highest BCUT2D eigenvalue weighted by molar-refractivity contribution is 7.45. The fraction of sp³-hybridized carbons (Fsp3) is 0.848. The number of hydrogen-bond acceptors (Lipinski definition) is 6. The van der Waals surface area contributed by atoms with Gasteiger partial charge in [0.05, 0.1) is 39.9 Å². The van der Waals surface area contributed by atoms with Gasteiger partial charge in [-0.05, 0) is 44.9 Å². The van der Waals surface area contributed by atoms with E-state index in [0.717, 1.165) is 32.1 Å². The lowest BCUT2D eigenvalue weighted by molar-refractivity contribution is -0.870. The van der Waals surface area contributed by atoms with Crippen LogP contribution in [0.4, 0.5) is 0 Å². The molecule has 0 radical (unpaired) electrons. The Labute approximate surface area is 340 Å². The highest BCUT2D eigenvalue weighted by Crippen LogP contribution is 2.38. The topological polar surface area (TPSA) is 108 Å². The van der Waals surface area contributed by atoms with E-state index in [1.54, 1.807) is 6.08 Å². The van der Waals surface area contributed by atoms with Crippen molar-refractivity contribution in [2.75, 3.05) is 40.9 Å². The zero-order valence-electron chi connectivity index (χ0n) is 36.6. The van der Waals surface area contributed by atoms with Gasteiger partial charge in [-0.1, -0.05) is 185 Å². The van der Waals surface area contributed by atoms with Crippen LogP contribution in [0.2, 0.25) is 0 Å². The van der Waals surface area contributed by atoms with Gasteiger partial charge in [-0.2, -0.15) is 0 Å². The van der Waals surface area contributed by atoms with Crippen LogP contribution in [0.15, 0.2) is 36.5 Å². The van der Waals surface area contributed by atoms with Crippen molar-refractivity contribution in [1.82, 2.24) is 5.32 Å². The standard InChI is InChI=1S/C46H89N2O6P/c1-6-8-10-11-12-13-14-15-16-17-18-19-20-21-22-23-24-25-26-27-28-29-30-31-32-33-34-35-36-37-38-39-45(49)44(47-46(50)40-9-7-2)43-54-55(51,52)53-42-41-48(3,4)5/h30-31,34-35,38-39,44-45,49H,6-29,32-33,36-37,40-43H2,1-5H3,(H-,47,50,51,52)/b31-30+,35-34+,39-38+. The number of aliphatic hydroxyl groups is 1. The molecule has 9 heteroatoms. The van der Waals surface area contributed by atoms with Crippen LogP contribution in [-0.2, 0) is 18.4 Å². The number of nitrogens with zero attached hydrogens (tertiary/aromatic N) is 1. The smallest absolute Gasteiger partial charge is 0.268 e. The number of hydrogen-bond donors (Lipinski definition) is 2. The molecule has 2 N–H and O–H groups in total. The second-order valence-electron chi connectivity index (χ2n) is 16.7. The van der Waals surface area contributed by atoms with Gasteiger partial charge in [0.1, 0.15) is 13.2 Å². The minimum atomic E-state index is -4.57. The van der Waals surface area contributed by atoms with E-state index in [9.17, 15) is 19.4 Å². The van der Waals surface area contributed by atoms with Crippen LogP contribution in [-0.4, -0.2) is 68.5 Å². The van der Waals surface area contributed by atoms with Crippen molar-refractivity contribution in [1.29, 1.82) is 0 Å². The summed E-state index contributed by atoms with van der Waals surface area (Å²) in [6, 6.07) is -0.902. The molecule has 0 saturated carbocycles. The number of allylic oxidation sites excluding steroid dienone is 5. The lowest BCUT2D eigenvalue weighted by atomic mass is 10.0. The number of aliphatic hydroxyl groups excluding tert-OH is 1. The van der Waals surface area contributed by atoms with E-state index in [1.807, 2.05) is 34.1 Å². The Kier molecular flexibility index (Phi) is 37.4. The maximum absolute atomic E-state index is 12.3. The van der Waals surface area contributed by atoms with Gasteiger partial charge in [0.25, 0.3) is 7.82 Å². The van der Waals surface area contributed by atoms with Crippen LogP contribution in [0.5, 0.6) is 0 Å². The molecule has 0 aromatic rings. The molecule has 0 spiro atoms. The molecule has 55 heavy (non-hydrogen) atoms. The van der Waals surface area contributed by atoms with E-state index in [2.05, 4.69) is 36.5 Å². The maximum Gasteiger partial charge on any atom is 0.268 e. The minimum absolute atomic E-state index is 0.0102. The summed E-state index contributed by atoms with van der Waals surface area (Å²) in [6.45, 7) is 4.36.